The van der Waals surface area contributed by atoms with E-state index in [2.05, 4.69) is 0 Å². The molecule has 0 N–H and O–H groups in total. The van der Waals surface area contributed by atoms with E-state index < -0.39 is 5.82 Å². The Balaban J connectivity index is 2.04. The Kier molecular flexibility index (Phi) is 3.81. The fourth-order valence-corrected chi connectivity index (χ4v) is 2.24. The number of halogens is 1. The maximum absolute atomic E-state index is 13.3. The topological polar surface area (TPSA) is 42.7 Å². The highest BCUT2D eigenvalue weighted by Gasteiger charge is 2.09. The summed E-state index contributed by atoms with van der Waals surface area (Å²) in [5, 5.41) is 0.828. The van der Waals surface area contributed by atoms with Crippen LogP contribution < -0.4 is 10.2 Å². The number of rotatable bonds is 4. The summed E-state index contributed by atoms with van der Waals surface area (Å²) in [5.41, 5.74) is 0.462. The van der Waals surface area contributed by atoms with E-state index >= 15 is 0 Å². The zero-order chi connectivity index (χ0) is 15.7. The average molecular weight is 301 g/mol. The van der Waals surface area contributed by atoms with Gasteiger partial charge in [0.05, 0.1) is 10.8 Å². The Labute approximate surface area is 126 Å². The van der Waals surface area contributed by atoms with Crippen molar-refractivity contribution in [2.75, 3.05) is 27.2 Å². The van der Waals surface area contributed by atoms with Crippen molar-refractivity contribution in [3.8, 4) is 5.75 Å². The predicted octanol–water partition coefficient (Wildman–Crippen LogP) is 3.03. The molecular weight excluding hydrogens is 285 g/mol. The van der Waals surface area contributed by atoms with E-state index in [-0.39, 0.29) is 11.0 Å². The second-order valence-electron chi connectivity index (χ2n) is 5.38. The number of ether oxygens (including phenoxy) is 1. The molecule has 114 valence electrons. The molecule has 0 amide bonds. The smallest absolute Gasteiger partial charge is 0.200 e. The second-order valence-corrected chi connectivity index (χ2v) is 5.38. The van der Waals surface area contributed by atoms with Crippen LogP contribution in [0.15, 0.2) is 45.6 Å². The highest BCUT2D eigenvalue weighted by Crippen LogP contribution is 2.23. The van der Waals surface area contributed by atoms with Gasteiger partial charge in [-0.1, -0.05) is 0 Å². The van der Waals surface area contributed by atoms with Crippen LogP contribution in [-0.2, 0) is 0 Å². The molecule has 22 heavy (non-hydrogen) atoms. The minimum absolute atomic E-state index is 0.170. The first-order chi connectivity index (χ1) is 10.5. The van der Waals surface area contributed by atoms with Gasteiger partial charge in [0.25, 0.3) is 0 Å². The Hall–Kier alpha value is -2.40. The zero-order valence-electron chi connectivity index (χ0n) is 12.4. The van der Waals surface area contributed by atoms with E-state index in [0.29, 0.717) is 28.7 Å². The third kappa shape index (κ3) is 2.80. The Bertz CT molecular complexity index is 886. The van der Waals surface area contributed by atoms with Crippen molar-refractivity contribution in [1.82, 2.24) is 4.90 Å². The lowest BCUT2D eigenvalue weighted by Crippen LogP contribution is -2.19. The van der Waals surface area contributed by atoms with E-state index in [4.69, 9.17) is 9.15 Å². The van der Waals surface area contributed by atoms with Gasteiger partial charge in [-0.05, 0) is 38.4 Å². The van der Waals surface area contributed by atoms with E-state index in [1.807, 2.05) is 19.0 Å². The summed E-state index contributed by atoms with van der Waals surface area (Å²) in [4.78, 5) is 14.4. The van der Waals surface area contributed by atoms with Gasteiger partial charge in [-0.15, -0.1) is 0 Å². The third-order valence-electron chi connectivity index (χ3n) is 3.41. The quantitative estimate of drug-likeness (QED) is 0.695. The van der Waals surface area contributed by atoms with Crippen LogP contribution in [0, 0.1) is 5.82 Å². The molecule has 1 heterocycles. The van der Waals surface area contributed by atoms with Crippen LogP contribution in [-0.4, -0.2) is 32.1 Å². The Morgan fingerprint density at radius 3 is 2.50 bits per heavy atom. The Morgan fingerprint density at radius 1 is 1.09 bits per heavy atom. The van der Waals surface area contributed by atoms with Gasteiger partial charge in [0.15, 0.2) is 0 Å². The molecule has 0 bridgehead atoms. The van der Waals surface area contributed by atoms with Crippen molar-refractivity contribution < 1.29 is 13.5 Å². The summed E-state index contributed by atoms with van der Waals surface area (Å²) in [5.74, 6) is 0.182. The van der Waals surface area contributed by atoms with Crippen LogP contribution in [0.2, 0.25) is 0 Å². The monoisotopic (exact) mass is 301 g/mol. The number of fused-ring (bicyclic) bond motifs is 2. The van der Waals surface area contributed by atoms with Gasteiger partial charge in [-0.25, -0.2) is 4.39 Å². The third-order valence-corrected chi connectivity index (χ3v) is 3.41. The molecule has 0 aliphatic rings. The Morgan fingerprint density at radius 2 is 1.77 bits per heavy atom. The molecule has 0 aliphatic carbocycles. The number of hydrogen-bond acceptors (Lipinski definition) is 4. The van der Waals surface area contributed by atoms with Gasteiger partial charge in [0, 0.05) is 18.7 Å². The molecule has 5 heteroatoms. The molecule has 3 aromatic rings. The number of hydrogen-bond donors (Lipinski definition) is 0. The van der Waals surface area contributed by atoms with Crippen LogP contribution in [0.25, 0.3) is 21.9 Å². The van der Waals surface area contributed by atoms with Crippen LogP contribution in [0.4, 0.5) is 4.39 Å². The van der Waals surface area contributed by atoms with Gasteiger partial charge in [-0.3, -0.25) is 4.79 Å². The lowest BCUT2D eigenvalue weighted by atomic mass is 10.1. The van der Waals surface area contributed by atoms with Crippen molar-refractivity contribution in [3.63, 3.8) is 0 Å². The fraction of sp³-hybridized carbons (Fsp3) is 0.235. The summed E-state index contributed by atoms with van der Waals surface area (Å²) in [6, 6.07) is 8.99. The number of likely N-dealkylation sites (N-methyl/N-ethyl adjacent to an activating group) is 1. The van der Waals surface area contributed by atoms with Crippen molar-refractivity contribution >= 4 is 21.9 Å². The first kappa shape index (κ1) is 14.5. The van der Waals surface area contributed by atoms with E-state index in [9.17, 15) is 9.18 Å². The summed E-state index contributed by atoms with van der Waals surface area (Å²) in [6.07, 6.45) is 0. The van der Waals surface area contributed by atoms with Gasteiger partial charge in [-0.2, -0.15) is 0 Å². The molecule has 1 aromatic heterocycles. The van der Waals surface area contributed by atoms with E-state index in [1.165, 1.54) is 18.2 Å². The van der Waals surface area contributed by atoms with Crippen molar-refractivity contribution in [2.24, 2.45) is 0 Å². The normalized spacial score (nSPS) is 11.5. The minimum Gasteiger partial charge on any atom is -0.492 e. The maximum atomic E-state index is 13.3. The van der Waals surface area contributed by atoms with Gasteiger partial charge in [0.2, 0.25) is 5.43 Å². The van der Waals surface area contributed by atoms with Gasteiger partial charge < -0.3 is 14.1 Å². The van der Waals surface area contributed by atoms with Crippen molar-refractivity contribution in [1.29, 1.82) is 0 Å². The second kappa shape index (κ2) is 5.77. The van der Waals surface area contributed by atoms with E-state index in [0.717, 1.165) is 6.54 Å². The van der Waals surface area contributed by atoms with Crippen LogP contribution >= 0.6 is 0 Å². The van der Waals surface area contributed by atoms with Crippen LogP contribution in [0.5, 0.6) is 5.75 Å². The first-order valence-corrected chi connectivity index (χ1v) is 6.98. The SMILES string of the molecule is CN(C)CCOc1ccc2c(=O)c3ccc(F)cc3oc2c1. The highest BCUT2D eigenvalue weighted by atomic mass is 19.1. The zero-order valence-corrected chi connectivity index (χ0v) is 12.4. The molecule has 0 saturated heterocycles. The maximum Gasteiger partial charge on any atom is 0.200 e. The molecule has 0 fully saturated rings. The number of benzene rings is 2. The lowest BCUT2D eigenvalue weighted by Gasteiger charge is -2.11. The molecule has 4 nitrogen and oxygen atoms in total. The summed E-state index contributed by atoms with van der Waals surface area (Å²) >= 11 is 0. The largest absolute Gasteiger partial charge is 0.492 e. The summed E-state index contributed by atoms with van der Waals surface area (Å²) < 4.78 is 24.6. The average Bonchev–Trinajstić information content (AvgIpc) is 2.46. The van der Waals surface area contributed by atoms with Gasteiger partial charge in [0.1, 0.15) is 29.3 Å². The predicted molar refractivity (Wildman–Crippen MR) is 84.0 cm³/mol. The number of nitrogens with zero attached hydrogens (tertiary/aromatic N) is 1. The standard InChI is InChI=1S/C17H16FNO3/c1-19(2)7-8-21-12-4-6-14-16(10-12)22-15-9-11(18)3-5-13(15)17(14)20/h3-6,9-10H,7-8H2,1-2H3. The molecule has 0 radical (unpaired) electrons. The lowest BCUT2D eigenvalue weighted by molar-refractivity contribution is 0.261. The summed E-state index contributed by atoms with van der Waals surface area (Å²) in [7, 11) is 3.92. The minimum atomic E-state index is -0.437. The molecule has 0 atom stereocenters. The molecule has 0 aliphatic heterocycles. The van der Waals surface area contributed by atoms with E-state index in [1.54, 1.807) is 18.2 Å². The molecule has 0 unspecified atom stereocenters. The first-order valence-electron chi connectivity index (χ1n) is 6.98. The van der Waals surface area contributed by atoms with Crippen LogP contribution in [0.1, 0.15) is 0 Å². The van der Waals surface area contributed by atoms with Gasteiger partial charge >= 0.3 is 0 Å². The molecule has 0 spiro atoms. The van der Waals surface area contributed by atoms with Crippen LogP contribution in [0.3, 0.4) is 0 Å². The summed E-state index contributed by atoms with van der Waals surface area (Å²) in [6.45, 7) is 1.32. The molecular formula is C17H16FNO3. The highest BCUT2D eigenvalue weighted by molar-refractivity contribution is 5.90. The molecule has 2 aromatic carbocycles. The van der Waals surface area contributed by atoms with Crippen molar-refractivity contribution in [2.45, 2.75) is 0 Å². The molecule has 3 rings (SSSR count). The molecule has 0 saturated carbocycles. The fourth-order valence-electron chi connectivity index (χ4n) is 2.24. The van der Waals surface area contributed by atoms with Crippen molar-refractivity contribution in [3.05, 3.63) is 52.4 Å².